The Morgan fingerprint density at radius 1 is 0.902 bits per heavy atom. The van der Waals surface area contributed by atoms with Gasteiger partial charge in [-0.15, -0.1) is 0 Å². The highest BCUT2D eigenvalue weighted by Gasteiger charge is 2.22. The maximum atomic E-state index is 14.3. The average molecular weight is 849 g/mol. The molecule has 2 aliphatic heterocycles. The van der Waals surface area contributed by atoms with Crippen LogP contribution in [-0.2, 0) is 25.2 Å². The number of fused-ring (bicyclic) bond motifs is 1. The topological polar surface area (TPSA) is 98.8 Å². The predicted octanol–water partition coefficient (Wildman–Crippen LogP) is 12.1. The number of hydrogen-bond donors (Lipinski definition) is 0. The molecular formula is C51H68N4O5S. The standard InChI is InChI=1S/C36H34N4O4S.C6H10.C5H12O.2C2H6/c1-25-2-9-31(10-3-25)45(41)40-34(26-4-7-29(8-5-26)39-16-20-43-21-17-39)23-33-32(12-15-38-36(33)40)27-6-11-35(28(22-27)24-37)44-30-13-18-42-19-14-30;1-4-5-6(2)3;1-3-5-6-4-2;2*1-2/h2-12,15,22-23,30H,13-14,16-21H2,1H3;4-5H,1H2,2-3H3;3-5H2,1-2H3;2*1-2H3. The molecule has 0 radical (unpaired) electrons. The summed E-state index contributed by atoms with van der Waals surface area (Å²) < 4.78 is 38.3. The van der Waals surface area contributed by atoms with Crippen molar-refractivity contribution in [3.8, 4) is 34.2 Å². The highest BCUT2D eigenvalue weighted by atomic mass is 32.2. The summed E-state index contributed by atoms with van der Waals surface area (Å²) in [5.74, 6) is 0.581. The second-order valence-electron chi connectivity index (χ2n) is 14.1. The van der Waals surface area contributed by atoms with Crippen LogP contribution in [0, 0.1) is 18.3 Å². The molecular weight excluding hydrogens is 781 g/mol. The van der Waals surface area contributed by atoms with E-state index in [4.69, 9.17) is 23.9 Å². The van der Waals surface area contributed by atoms with E-state index in [9.17, 15) is 9.47 Å². The lowest BCUT2D eigenvalue weighted by molar-refractivity contribution is 0.0254. The SMILES string of the molecule is C=CC=C(C)C.CC.CC.CCCOCC.Cc1ccc(S(=O)n2c(-c3ccc(N4CCOCC4)cc3)cc3c(-c4ccc(OC5CCOCC5)c(C#N)c4)ccnc32)cc1. The van der Waals surface area contributed by atoms with E-state index in [1.165, 1.54) is 5.57 Å². The number of anilines is 1. The second-order valence-corrected chi connectivity index (χ2v) is 15.4. The van der Waals surface area contributed by atoms with E-state index in [1.807, 2.05) is 114 Å². The van der Waals surface area contributed by atoms with Crippen molar-refractivity contribution in [2.24, 2.45) is 0 Å². The third-order valence-electron chi connectivity index (χ3n) is 9.47. The lowest BCUT2D eigenvalue weighted by atomic mass is 10.0. The summed E-state index contributed by atoms with van der Waals surface area (Å²) in [5.41, 5.74) is 8.13. The third kappa shape index (κ3) is 14.8. The van der Waals surface area contributed by atoms with Gasteiger partial charge >= 0.3 is 0 Å². The highest BCUT2D eigenvalue weighted by molar-refractivity contribution is 7.83. The Morgan fingerprint density at radius 2 is 1.54 bits per heavy atom. The molecule has 4 heterocycles. The molecule has 0 bridgehead atoms. The van der Waals surface area contributed by atoms with Crippen LogP contribution >= 0.6 is 0 Å². The average Bonchev–Trinajstić information content (AvgIpc) is 3.71. The molecule has 0 spiro atoms. The van der Waals surface area contributed by atoms with E-state index in [2.05, 4.69) is 54.8 Å². The summed E-state index contributed by atoms with van der Waals surface area (Å²) in [6.07, 6.45) is 8.28. The first-order valence-corrected chi connectivity index (χ1v) is 22.9. The molecule has 0 N–H and O–H groups in total. The Hall–Kier alpha value is -5.05. The van der Waals surface area contributed by atoms with Gasteiger partial charge in [0.25, 0.3) is 0 Å². The van der Waals surface area contributed by atoms with Crippen molar-refractivity contribution >= 4 is 27.7 Å². The molecule has 3 aromatic carbocycles. The van der Waals surface area contributed by atoms with Crippen LogP contribution in [0.3, 0.4) is 0 Å². The van der Waals surface area contributed by atoms with E-state index < -0.39 is 11.0 Å². The Labute approximate surface area is 368 Å². The van der Waals surface area contributed by atoms with Gasteiger partial charge in [0.15, 0.2) is 16.6 Å². The molecule has 2 saturated heterocycles. The van der Waals surface area contributed by atoms with E-state index in [1.54, 1.807) is 12.3 Å². The number of aryl methyl sites for hydroxylation is 1. The molecule has 2 aromatic heterocycles. The highest BCUT2D eigenvalue weighted by Crippen LogP contribution is 2.37. The number of aromatic nitrogens is 2. The molecule has 61 heavy (non-hydrogen) atoms. The number of hydrogen-bond acceptors (Lipinski definition) is 8. The fourth-order valence-corrected chi connectivity index (χ4v) is 7.73. The van der Waals surface area contributed by atoms with Gasteiger partial charge in [0.05, 0.1) is 42.6 Å². The molecule has 1 unspecified atom stereocenters. The Kier molecular flexibility index (Phi) is 22.9. The number of rotatable bonds is 11. The second kappa shape index (κ2) is 27.7. The number of benzene rings is 3. The van der Waals surface area contributed by atoms with Crippen molar-refractivity contribution in [1.29, 1.82) is 5.26 Å². The maximum absolute atomic E-state index is 14.3. The predicted molar refractivity (Wildman–Crippen MR) is 255 cm³/mol. The fourth-order valence-electron chi connectivity index (χ4n) is 6.51. The first kappa shape index (κ1) is 50.3. The Morgan fingerprint density at radius 3 is 2.10 bits per heavy atom. The minimum Gasteiger partial charge on any atom is -0.489 e. The van der Waals surface area contributed by atoms with Crippen molar-refractivity contribution in [1.82, 2.24) is 8.96 Å². The van der Waals surface area contributed by atoms with Gasteiger partial charge in [0, 0.05) is 56.4 Å². The summed E-state index contributed by atoms with van der Waals surface area (Å²) in [6, 6.07) is 28.2. The minimum atomic E-state index is -1.55. The van der Waals surface area contributed by atoms with Gasteiger partial charge < -0.3 is 23.8 Å². The Balaban J connectivity index is 0.000000536. The molecule has 7 rings (SSSR count). The molecule has 9 nitrogen and oxygen atoms in total. The Bertz CT molecular complexity index is 2140. The van der Waals surface area contributed by atoms with Crippen LogP contribution in [0.25, 0.3) is 33.4 Å². The number of morpholine rings is 1. The normalized spacial score (nSPS) is 13.9. The zero-order valence-corrected chi connectivity index (χ0v) is 38.9. The third-order valence-corrected chi connectivity index (χ3v) is 10.8. The molecule has 0 amide bonds. The van der Waals surface area contributed by atoms with Crippen molar-refractivity contribution in [3.05, 3.63) is 120 Å². The first-order valence-electron chi connectivity index (χ1n) is 21.8. The van der Waals surface area contributed by atoms with Gasteiger partial charge in [0.2, 0.25) is 0 Å². The monoisotopic (exact) mass is 848 g/mol. The van der Waals surface area contributed by atoms with Crippen molar-refractivity contribution in [2.45, 2.75) is 92.6 Å². The number of pyridine rings is 1. The minimum absolute atomic E-state index is 0.0345. The van der Waals surface area contributed by atoms with E-state index in [0.717, 1.165) is 97.8 Å². The van der Waals surface area contributed by atoms with Crippen LogP contribution in [0.5, 0.6) is 5.75 Å². The van der Waals surface area contributed by atoms with Gasteiger partial charge in [-0.05, 0) is 99.3 Å². The summed E-state index contributed by atoms with van der Waals surface area (Å²) in [5, 5.41) is 10.9. The van der Waals surface area contributed by atoms with Crippen LogP contribution in [0.1, 0.15) is 85.8 Å². The van der Waals surface area contributed by atoms with Gasteiger partial charge in [-0.2, -0.15) is 5.26 Å². The van der Waals surface area contributed by atoms with Gasteiger partial charge in [-0.3, -0.25) is 0 Å². The number of nitrogens with zero attached hydrogens (tertiary/aromatic N) is 4. The van der Waals surface area contributed by atoms with E-state index in [-0.39, 0.29) is 6.10 Å². The molecule has 2 aliphatic rings. The quantitative estimate of drug-likeness (QED) is 0.0957. The van der Waals surface area contributed by atoms with Crippen LogP contribution in [0.15, 0.2) is 114 Å². The van der Waals surface area contributed by atoms with Gasteiger partial charge in [-0.1, -0.05) is 94.8 Å². The number of allylic oxidation sites excluding steroid dienone is 3. The fraction of sp³-hybridized carbons (Fsp3) is 0.412. The van der Waals surface area contributed by atoms with Crippen molar-refractivity contribution in [2.75, 3.05) is 57.6 Å². The van der Waals surface area contributed by atoms with Crippen molar-refractivity contribution < 1.29 is 23.2 Å². The molecule has 0 aliphatic carbocycles. The lowest BCUT2D eigenvalue weighted by Gasteiger charge is -2.28. The van der Waals surface area contributed by atoms with Crippen LogP contribution in [0.4, 0.5) is 5.69 Å². The molecule has 328 valence electrons. The summed E-state index contributed by atoms with van der Waals surface area (Å²) in [6.45, 7) is 28.0. The summed E-state index contributed by atoms with van der Waals surface area (Å²) in [4.78, 5) is 7.76. The van der Waals surface area contributed by atoms with Crippen LogP contribution < -0.4 is 9.64 Å². The first-order chi connectivity index (χ1) is 29.8. The molecule has 0 saturated carbocycles. The zero-order valence-electron chi connectivity index (χ0n) is 38.0. The number of nitriles is 1. The molecule has 1 atom stereocenters. The van der Waals surface area contributed by atoms with Gasteiger partial charge in [0.1, 0.15) is 17.9 Å². The largest absolute Gasteiger partial charge is 0.489 e. The van der Waals surface area contributed by atoms with Crippen molar-refractivity contribution in [3.63, 3.8) is 0 Å². The smallest absolute Gasteiger partial charge is 0.158 e. The van der Waals surface area contributed by atoms with E-state index in [0.29, 0.717) is 35.1 Å². The van der Waals surface area contributed by atoms with Crippen LogP contribution in [-0.4, -0.2) is 72.0 Å². The number of ether oxygens (including phenoxy) is 4. The summed E-state index contributed by atoms with van der Waals surface area (Å²) >= 11 is 0. The van der Waals surface area contributed by atoms with E-state index >= 15 is 0 Å². The molecule has 5 aromatic rings. The zero-order chi connectivity index (χ0) is 44.6. The molecule has 10 heteroatoms. The maximum Gasteiger partial charge on any atom is 0.158 e. The summed E-state index contributed by atoms with van der Waals surface area (Å²) in [7, 11) is -1.55. The lowest BCUT2D eigenvalue weighted by Crippen LogP contribution is -2.36. The van der Waals surface area contributed by atoms with Crippen LogP contribution in [0.2, 0.25) is 0 Å². The molecule has 2 fully saturated rings. The van der Waals surface area contributed by atoms with Gasteiger partial charge in [-0.25, -0.2) is 13.2 Å².